The molecule has 0 aromatic carbocycles. The van der Waals surface area contributed by atoms with E-state index in [1.54, 1.807) is 6.92 Å². The Bertz CT molecular complexity index is 159. The molecule has 1 atom stereocenters. The van der Waals surface area contributed by atoms with Crippen molar-refractivity contribution in [3.8, 4) is 0 Å². The van der Waals surface area contributed by atoms with Crippen molar-refractivity contribution in [3.63, 3.8) is 0 Å². The molecule has 0 aliphatic carbocycles. The fourth-order valence-corrected chi connectivity index (χ4v) is 0.618. The zero-order valence-electron chi connectivity index (χ0n) is 6.26. The number of carbonyl (C=O) groups is 2. The van der Waals surface area contributed by atoms with Crippen molar-refractivity contribution in [3.05, 3.63) is 0 Å². The molecule has 0 heterocycles. The van der Waals surface area contributed by atoms with E-state index in [0.717, 1.165) is 0 Å². The Balaban J connectivity index is 3.60. The van der Waals surface area contributed by atoms with E-state index in [1.807, 2.05) is 5.43 Å². The summed E-state index contributed by atoms with van der Waals surface area (Å²) in [5.74, 6) is 4.31. The third-order valence-corrected chi connectivity index (χ3v) is 1.02. The van der Waals surface area contributed by atoms with E-state index in [1.165, 1.54) is 0 Å². The fraction of sp³-hybridized carbons (Fsp3) is 0.600. The lowest BCUT2D eigenvalue weighted by molar-refractivity contribution is -0.118. The lowest BCUT2D eigenvalue weighted by Crippen LogP contribution is -2.45. The minimum absolute atomic E-state index is 0.105. The minimum Gasteiger partial charge on any atom is -0.370 e. The average Bonchev–Trinajstić information content (AvgIpc) is 1.85. The highest BCUT2D eigenvalue weighted by atomic mass is 16.2. The molecule has 0 aromatic rings. The molecule has 11 heavy (non-hydrogen) atoms. The van der Waals surface area contributed by atoms with Crippen LogP contribution in [0, 0.1) is 0 Å². The lowest BCUT2D eigenvalue weighted by Gasteiger charge is -2.10. The number of hydrogen-bond acceptors (Lipinski definition) is 3. The second-order valence-corrected chi connectivity index (χ2v) is 2.19. The molecule has 64 valence electrons. The highest BCUT2D eigenvalue weighted by molar-refractivity contribution is 5.77. The normalized spacial score (nSPS) is 11.8. The minimum atomic E-state index is -0.529. The van der Waals surface area contributed by atoms with Crippen LogP contribution in [0.5, 0.6) is 0 Å². The standard InChI is InChI=1S/C5H12N4O2/c1-3(2-4(6)10)8-5(11)9-7/h3H,2,7H2,1H3,(H2,6,10)(H2,8,9,11). The van der Waals surface area contributed by atoms with Crippen LogP contribution in [0.25, 0.3) is 0 Å². The van der Waals surface area contributed by atoms with Gasteiger partial charge in [0.2, 0.25) is 5.91 Å². The number of nitrogens with one attached hydrogen (secondary N) is 2. The Kier molecular flexibility index (Phi) is 3.97. The largest absolute Gasteiger partial charge is 0.370 e. The van der Waals surface area contributed by atoms with E-state index in [4.69, 9.17) is 11.6 Å². The van der Waals surface area contributed by atoms with E-state index in [0.29, 0.717) is 0 Å². The summed E-state index contributed by atoms with van der Waals surface area (Å²) in [4.78, 5) is 20.8. The smallest absolute Gasteiger partial charge is 0.329 e. The monoisotopic (exact) mass is 160 g/mol. The Hall–Kier alpha value is -1.30. The molecule has 3 amide bonds. The van der Waals surface area contributed by atoms with Gasteiger partial charge in [-0.15, -0.1) is 0 Å². The third kappa shape index (κ3) is 5.16. The van der Waals surface area contributed by atoms with Crippen molar-refractivity contribution in [2.24, 2.45) is 11.6 Å². The van der Waals surface area contributed by atoms with Gasteiger partial charge in [-0.2, -0.15) is 0 Å². The molecule has 0 saturated carbocycles. The molecule has 0 radical (unpaired) electrons. The average molecular weight is 160 g/mol. The number of nitrogens with two attached hydrogens (primary N) is 2. The molecule has 0 saturated heterocycles. The van der Waals surface area contributed by atoms with E-state index in [-0.39, 0.29) is 12.5 Å². The first-order chi connectivity index (χ1) is 5.06. The van der Waals surface area contributed by atoms with Gasteiger partial charge >= 0.3 is 6.03 Å². The first kappa shape index (κ1) is 9.70. The fourth-order valence-electron chi connectivity index (χ4n) is 0.618. The molecule has 6 N–H and O–H groups in total. The van der Waals surface area contributed by atoms with Crippen LogP contribution >= 0.6 is 0 Å². The summed E-state index contributed by atoms with van der Waals surface area (Å²) in [7, 11) is 0. The molecule has 0 fully saturated rings. The molecule has 6 heteroatoms. The highest BCUT2D eigenvalue weighted by Crippen LogP contribution is 1.87. The summed E-state index contributed by atoms with van der Waals surface area (Å²) >= 11 is 0. The van der Waals surface area contributed by atoms with Gasteiger partial charge in [0.05, 0.1) is 0 Å². The second-order valence-electron chi connectivity index (χ2n) is 2.19. The Morgan fingerprint density at radius 2 is 2.09 bits per heavy atom. The van der Waals surface area contributed by atoms with Crippen LogP contribution in [-0.2, 0) is 4.79 Å². The quantitative estimate of drug-likeness (QED) is 0.227. The lowest BCUT2D eigenvalue weighted by atomic mass is 10.2. The predicted octanol–water partition coefficient (Wildman–Crippen LogP) is -1.58. The van der Waals surface area contributed by atoms with Gasteiger partial charge in [-0.25, -0.2) is 10.6 Å². The number of amides is 3. The van der Waals surface area contributed by atoms with Crippen LogP contribution in [0.1, 0.15) is 13.3 Å². The predicted molar refractivity (Wildman–Crippen MR) is 39.1 cm³/mol. The molecule has 0 aromatic heterocycles. The molecule has 6 nitrogen and oxygen atoms in total. The maximum absolute atomic E-state index is 10.5. The maximum atomic E-state index is 10.5. The van der Waals surface area contributed by atoms with E-state index in [2.05, 4.69) is 5.32 Å². The van der Waals surface area contributed by atoms with Gasteiger partial charge in [0.1, 0.15) is 0 Å². The zero-order valence-corrected chi connectivity index (χ0v) is 6.26. The molecular weight excluding hydrogens is 148 g/mol. The van der Waals surface area contributed by atoms with Crippen molar-refractivity contribution < 1.29 is 9.59 Å². The number of primary amides is 1. The van der Waals surface area contributed by atoms with Gasteiger partial charge in [-0.3, -0.25) is 10.2 Å². The van der Waals surface area contributed by atoms with Crippen molar-refractivity contribution >= 4 is 11.9 Å². The van der Waals surface area contributed by atoms with E-state index < -0.39 is 11.9 Å². The van der Waals surface area contributed by atoms with Gasteiger partial charge < -0.3 is 11.1 Å². The van der Waals surface area contributed by atoms with Crippen molar-refractivity contribution in [2.45, 2.75) is 19.4 Å². The van der Waals surface area contributed by atoms with E-state index in [9.17, 15) is 9.59 Å². The van der Waals surface area contributed by atoms with Gasteiger partial charge in [-0.05, 0) is 6.92 Å². The number of urea groups is 1. The number of carbonyl (C=O) groups excluding carboxylic acids is 2. The maximum Gasteiger partial charge on any atom is 0.329 e. The van der Waals surface area contributed by atoms with Gasteiger partial charge in [0.25, 0.3) is 0 Å². The summed E-state index contributed by atoms with van der Waals surface area (Å²) in [6, 6.07) is -0.824. The van der Waals surface area contributed by atoms with Crippen LogP contribution in [0.2, 0.25) is 0 Å². The Morgan fingerprint density at radius 1 is 1.55 bits per heavy atom. The van der Waals surface area contributed by atoms with Crippen molar-refractivity contribution in [2.75, 3.05) is 0 Å². The van der Waals surface area contributed by atoms with Crippen LogP contribution < -0.4 is 22.3 Å². The SMILES string of the molecule is CC(CC(N)=O)NC(=O)NN. The van der Waals surface area contributed by atoms with Gasteiger partial charge in [0.15, 0.2) is 0 Å². The number of rotatable bonds is 3. The third-order valence-electron chi connectivity index (χ3n) is 1.02. The summed E-state index contributed by atoms with van der Waals surface area (Å²) in [6.45, 7) is 1.65. The summed E-state index contributed by atoms with van der Waals surface area (Å²) in [6.07, 6.45) is 0.105. The summed E-state index contributed by atoms with van der Waals surface area (Å²) in [5.41, 5.74) is 6.74. The molecular formula is C5H12N4O2. The second kappa shape index (κ2) is 4.51. The first-order valence-electron chi connectivity index (χ1n) is 3.11. The van der Waals surface area contributed by atoms with Gasteiger partial charge in [-0.1, -0.05) is 0 Å². The molecule has 0 aliphatic heterocycles. The highest BCUT2D eigenvalue weighted by Gasteiger charge is 2.07. The summed E-state index contributed by atoms with van der Waals surface area (Å²) in [5, 5.41) is 2.38. The molecule has 1 unspecified atom stereocenters. The van der Waals surface area contributed by atoms with Crippen LogP contribution in [0.4, 0.5) is 4.79 Å². The molecule has 0 bridgehead atoms. The molecule has 0 aliphatic rings. The van der Waals surface area contributed by atoms with Crippen LogP contribution in [-0.4, -0.2) is 18.0 Å². The van der Waals surface area contributed by atoms with Crippen molar-refractivity contribution in [1.29, 1.82) is 0 Å². The zero-order chi connectivity index (χ0) is 8.85. The van der Waals surface area contributed by atoms with Gasteiger partial charge in [0, 0.05) is 12.5 Å². The molecule has 0 spiro atoms. The number of hydrogen-bond donors (Lipinski definition) is 4. The summed E-state index contributed by atoms with van der Waals surface area (Å²) < 4.78 is 0. The molecule has 0 rings (SSSR count). The van der Waals surface area contributed by atoms with Crippen molar-refractivity contribution in [1.82, 2.24) is 10.7 Å². The van der Waals surface area contributed by atoms with Crippen LogP contribution in [0.15, 0.2) is 0 Å². The number of hydrazine groups is 1. The first-order valence-corrected chi connectivity index (χ1v) is 3.11. The Labute approximate surface area is 64.3 Å². The van der Waals surface area contributed by atoms with Crippen LogP contribution in [0.3, 0.4) is 0 Å². The van der Waals surface area contributed by atoms with E-state index >= 15 is 0 Å². The Morgan fingerprint density at radius 3 is 2.45 bits per heavy atom. The topological polar surface area (TPSA) is 110 Å².